The Hall–Kier alpha value is -1.56. The number of halogens is 4. The van der Waals surface area contributed by atoms with Crippen LogP contribution >= 0.6 is 12.4 Å². The minimum absolute atomic E-state index is 0. The highest BCUT2D eigenvalue weighted by Gasteiger charge is 2.29. The Bertz CT molecular complexity index is 819. The van der Waals surface area contributed by atoms with Gasteiger partial charge in [0.25, 0.3) is 0 Å². The van der Waals surface area contributed by atoms with Crippen LogP contribution in [-0.2, 0) is 6.42 Å². The van der Waals surface area contributed by atoms with Gasteiger partial charge in [-0.3, -0.25) is 0 Å². The largest absolute Gasteiger partial charge is 0.388 e. The Labute approximate surface area is 176 Å². The van der Waals surface area contributed by atoms with Crippen LogP contribution in [-0.4, -0.2) is 29.6 Å². The first-order valence-electron chi connectivity index (χ1n) is 10.1. The lowest BCUT2D eigenvalue weighted by Crippen LogP contribution is -2.37. The third-order valence-corrected chi connectivity index (χ3v) is 6.39. The van der Waals surface area contributed by atoms with Gasteiger partial charge in [-0.1, -0.05) is 18.2 Å². The molecule has 2 atom stereocenters. The van der Waals surface area contributed by atoms with Crippen LogP contribution < -0.4 is 0 Å². The van der Waals surface area contributed by atoms with Gasteiger partial charge in [0.1, 0.15) is 17.5 Å². The van der Waals surface area contributed by atoms with E-state index in [1.54, 1.807) is 6.07 Å². The van der Waals surface area contributed by atoms with Gasteiger partial charge in [-0.2, -0.15) is 0 Å². The van der Waals surface area contributed by atoms with Gasteiger partial charge in [0.2, 0.25) is 0 Å². The Morgan fingerprint density at radius 3 is 2.21 bits per heavy atom. The molecule has 0 spiro atoms. The molecule has 6 heteroatoms. The van der Waals surface area contributed by atoms with Gasteiger partial charge in [-0.25, -0.2) is 13.2 Å². The molecule has 1 aliphatic carbocycles. The molecular weight excluding hydrogens is 399 g/mol. The average Bonchev–Trinajstić information content (AvgIpc) is 2.83. The van der Waals surface area contributed by atoms with Crippen molar-refractivity contribution in [2.45, 2.75) is 44.1 Å². The molecule has 158 valence electrons. The molecule has 2 aromatic rings. The molecule has 0 bridgehead atoms. The molecule has 1 N–H and O–H groups in total. The van der Waals surface area contributed by atoms with Gasteiger partial charge >= 0.3 is 0 Å². The van der Waals surface area contributed by atoms with Crippen molar-refractivity contribution in [3.05, 3.63) is 70.5 Å². The Morgan fingerprint density at radius 2 is 1.52 bits per heavy atom. The molecule has 1 heterocycles. The summed E-state index contributed by atoms with van der Waals surface area (Å²) in [6, 6.07) is 8.99. The number of aliphatic hydroxyl groups excluding tert-OH is 1. The molecule has 0 amide bonds. The molecule has 1 saturated heterocycles. The number of fused-ring (bicyclic) bond motifs is 1. The van der Waals surface area contributed by atoms with Crippen molar-refractivity contribution in [3.8, 4) is 0 Å². The van der Waals surface area contributed by atoms with E-state index >= 15 is 0 Å². The number of likely N-dealkylation sites (tertiary alicyclic amines) is 1. The van der Waals surface area contributed by atoms with Crippen LogP contribution in [0.25, 0.3) is 0 Å². The van der Waals surface area contributed by atoms with Gasteiger partial charge < -0.3 is 10.0 Å². The number of aliphatic hydroxyl groups is 1. The van der Waals surface area contributed by atoms with Crippen LogP contribution in [0.3, 0.4) is 0 Å². The standard InChI is InChI=1S/C23H26F3NO.ClH/c24-19-4-1-3-18-17(19)8-7-15(13-22(18)28)14-27-11-9-16(10-12-27)23-20(25)5-2-6-21(23)26;/h1-6,15-16,22,28H,7-14H2;1H. The first-order valence-corrected chi connectivity index (χ1v) is 10.1. The summed E-state index contributed by atoms with van der Waals surface area (Å²) in [7, 11) is 0. The zero-order chi connectivity index (χ0) is 19.7. The van der Waals surface area contributed by atoms with Crippen LogP contribution in [0.4, 0.5) is 13.2 Å². The molecule has 0 aromatic heterocycles. The van der Waals surface area contributed by atoms with Gasteiger partial charge in [0.05, 0.1) is 6.10 Å². The molecule has 1 fully saturated rings. The second kappa shape index (κ2) is 9.50. The number of nitrogens with zero attached hydrogens (tertiary/aromatic N) is 1. The highest BCUT2D eigenvalue weighted by atomic mass is 35.5. The number of hydrogen-bond acceptors (Lipinski definition) is 2. The zero-order valence-corrected chi connectivity index (χ0v) is 17.1. The summed E-state index contributed by atoms with van der Waals surface area (Å²) >= 11 is 0. The van der Waals surface area contributed by atoms with Crippen LogP contribution in [0, 0.1) is 23.4 Å². The first kappa shape index (κ1) is 22.1. The van der Waals surface area contributed by atoms with E-state index in [0.717, 1.165) is 44.5 Å². The second-order valence-electron chi connectivity index (χ2n) is 8.17. The SMILES string of the molecule is Cl.OC1CC(CN2CCC(c3c(F)cccc3F)CC2)CCc2c(F)cccc21. The fourth-order valence-corrected chi connectivity index (χ4v) is 4.90. The van der Waals surface area contributed by atoms with Crippen molar-refractivity contribution in [2.24, 2.45) is 5.92 Å². The van der Waals surface area contributed by atoms with Crippen molar-refractivity contribution < 1.29 is 18.3 Å². The second-order valence-corrected chi connectivity index (χ2v) is 8.17. The fourth-order valence-electron chi connectivity index (χ4n) is 4.90. The van der Waals surface area contributed by atoms with E-state index < -0.39 is 17.7 Å². The third-order valence-electron chi connectivity index (χ3n) is 6.39. The van der Waals surface area contributed by atoms with Crippen molar-refractivity contribution in [1.29, 1.82) is 0 Å². The van der Waals surface area contributed by atoms with E-state index in [1.807, 2.05) is 6.07 Å². The average molecular weight is 426 g/mol. The van der Waals surface area contributed by atoms with Crippen LogP contribution in [0.1, 0.15) is 54.4 Å². The number of hydrogen-bond donors (Lipinski definition) is 1. The number of piperidine rings is 1. The summed E-state index contributed by atoms with van der Waals surface area (Å²) in [5.41, 5.74) is 1.58. The van der Waals surface area contributed by atoms with E-state index in [-0.39, 0.29) is 35.6 Å². The normalized spacial score (nSPS) is 23.2. The van der Waals surface area contributed by atoms with E-state index in [9.17, 15) is 18.3 Å². The predicted molar refractivity (Wildman–Crippen MR) is 110 cm³/mol. The number of benzene rings is 2. The molecule has 1 aliphatic heterocycles. The number of rotatable bonds is 3. The molecule has 2 aliphatic rings. The van der Waals surface area contributed by atoms with E-state index in [0.29, 0.717) is 18.4 Å². The molecule has 0 saturated carbocycles. The van der Waals surface area contributed by atoms with Crippen molar-refractivity contribution in [2.75, 3.05) is 19.6 Å². The summed E-state index contributed by atoms with van der Waals surface area (Å²) < 4.78 is 42.2. The maximum Gasteiger partial charge on any atom is 0.129 e. The molecule has 4 rings (SSSR count). The first-order chi connectivity index (χ1) is 13.5. The summed E-state index contributed by atoms with van der Waals surface area (Å²) in [5.74, 6) is -0.945. The Morgan fingerprint density at radius 1 is 0.897 bits per heavy atom. The maximum atomic E-state index is 14.1. The van der Waals surface area contributed by atoms with E-state index in [4.69, 9.17) is 0 Å². The monoisotopic (exact) mass is 425 g/mol. The minimum Gasteiger partial charge on any atom is -0.388 e. The van der Waals surface area contributed by atoms with Crippen LogP contribution in [0.2, 0.25) is 0 Å². The highest BCUT2D eigenvalue weighted by Crippen LogP contribution is 2.35. The predicted octanol–water partition coefficient (Wildman–Crippen LogP) is 5.39. The van der Waals surface area contributed by atoms with Crippen molar-refractivity contribution in [1.82, 2.24) is 4.90 Å². The van der Waals surface area contributed by atoms with Gasteiger partial charge in [-0.05, 0) is 86.4 Å². The third kappa shape index (κ3) is 4.79. The Kier molecular flexibility index (Phi) is 7.25. The summed E-state index contributed by atoms with van der Waals surface area (Å²) in [4.78, 5) is 2.32. The Balaban J connectivity index is 0.00000240. The molecule has 0 radical (unpaired) electrons. The van der Waals surface area contributed by atoms with Gasteiger partial charge in [-0.15, -0.1) is 12.4 Å². The minimum atomic E-state index is -0.636. The topological polar surface area (TPSA) is 23.5 Å². The summed E-state index contributed by atoms with van der Waals surface area (Å²) in [6.45, 7) is 2.40. The van der Waals surface area contributed by atoms with Crippen molar-refractivity contribution >= 4 is 12.4 Å². The quantitative estimate of drug-likeness (QED) is 0.666. The lowest BCUT2D eigenvalue weighted by Gasteiger charge is -2.34. The zero-order valence-electron chi connectivity index (χ0n) is 16.3. The molecule has 2 aromatic carbocycles. The lowest BCUT2D eigenvalue weighted by molar-refractivity contribution is 0.116. The van der Waals surface area contributed by atoms with E-state index in [1.165, 1.54) is 24.3 Å². The van der Waals surface area contributed by atoms with Crippen molar-refractivity contribution in [3.63, 3.8) is 0 Å². The maximum absolute atomic E-state index is 14.1. The molecular formula is C23H27ClF3NO. The summed E-state index contributed by atoms with van der Waals surface area (Å²) in [5, 5.41) is 10.5. The van der Waals surface area contributed by atoms with Gasteiger partial charge in [0.15, 0.2) is 0 Å². The molecule has 2 unspecified atom stereocenters. The van der Waals surface area contributed by atoms with Crippen LogP contribution in [0.5, 0.6) is 0 Å². The van der Waals surface area contributed by atoms with Crippen LogP contribution in [0.15, 0.2) is 36.4 Å². The fraction of sp³-hybridized carbons (Fsp3) is 0.478. The summed E-state index contributed by atoms with van der Waals surface area (Å²) in [6.07, 6.45) is 2.92. The smallest absolute Gasteiger partial charge is 0.129 e. The highest BCUT2D eigenvalue weighted by molar-refractivity contribution is 5.85. The van der Waals surface area contributed by atoms with Gasteiger partial charge in [0, 0.05) is 12.1 Å². The molecule has 2 nitrogen and oxygen atoms in total. The lowest BCUT2D eigenvalue weighted by atomic mass is 9.88. The van der Waals surface area contributed by atoms with E-state index in [2.05, 4.69) is 4.90 Å². The molecule has 29 heavy (non-hydrogen) atoms.